The summed E-state index contributed by atoms with van der Waals surface area (Å²) in [5.74, 6) is -0.108. The third kappa shape index (κ3) is 9.19. The number of benzene rings is 1. The first-order valence-corrected chi connectivity index (χ1v) is 7.78. The molecule has 0 atom stereocenters. The van der Waals surface area contributed by atoms with Gasteiger partial charge in [-0.2, -0.15) is 8.42 Å². The molecule has 3 nitrogen and oxygen atoms in total. The van der Waals surface area contributed by atoms with Crippen molar-refractivity contribution in [2.45, 2.75) is 46.0 Å². The van der Waals surface area contributed by atoms with Crippen molar-refractivity contribution < 1.29 is 13.0 Å². The van der Waals surface area contributed by atoms with Gasteiger partial charge in [0.25, 0.3) is 10.1 Å². The summed E-state index contributed by atoms with van der Waals surface area (Å²) in [7, 11) is -3.69. The van der Waals surface area contributed by atoms with Crippen LogP contribution in [0.2, 0.25) is 0 Å². The second kappa shape index (κ2) is 7.54. The Labute approximate surface area is 111 Å². The Kier molecular flexibility index (Phi) is 7.18. The van der Waals surface area contributed by atoms with E-state index in [0.717, 1.165) is 6.42 Å². The van der Waals surface area contributed by atoms with Gasteiger partial charge in [0.05, 0.1) is 5.75 Å². The summed E-state index contributed by atoms with van der Waals surface area (Å²) in [6, 6.07) is 10.6. The van der Waals surface area contributed by atoms with E-state index in [1.165, 1.54) is 5.56 Å². The van der Waals surface area contributed by atoms with Crippen LogP contribution in [0, 0.1) is 0 Å². The summed E-state index contributed by atoms with van der Waals surface area (Å²) in [4.78, 5) is 0. The largest absolute Gasteiger partial charge is 0.286 e. The predicted octanol–water partition coefficient (Wildman–Crippen LogP) is 3.66. The first-order chi connectivity index (χ1) is 8.17. The molecule has 1 N–H and O–H groups in total. The lowest BCUT2D eigenvalue weighted by Crippen LogP contribution is -2.10. The fourth-order valence-corrected chi connectivity index (χ4v) is 1.92. The maximum Gasteiger partial charge on any atom is 0.264 e. The Morgan fingerprint density at radius 2 is 1.61 bits per heavy atom. The van der Waals surface area contributed by atoms with Crippen molar-refractivity contribution >= 4 is 10.1 Å². The topological polar surface area (TPSA) is 54.4 Å². The van der Waals surface area contributed by atoms with Crippen molar-refractivity contribution in [3.05, 3.63) is 35.9 Å². The molecular weight excluding hydrogens is 248 g/mol. The SMILES string of the molecule is CC(C)(C)c1ccccc1.CCCCS(=O)(=O)O. The molecule has 0 radical (unpaired) electrons. The molecule has 0 fully saturated rings. The number of unbranched alkanes of at least 4 members (excludes halogenated alkanes) is 1. The van der Waals surface area contributed by atoms with Crippen LogP contribution < -0.4 is 0 Å². The van der Waals surface area contributed by atoms with Crippen molar-refractivity contribution in [3.63, 3.8) is 0 Å². The molecule has 0 aliphatic carbocycles. The zero-order chi connectivity index (χ0) is 14.2. The average molecular weight is 272 g/mol. The van der Waals surface area contributed by atoms with Gasteiger partial charge in [0, 0.05) is 0 Å². The minimum Gasteiger partial charge on any atom is -0.286 e. The van der Waals surface area contributed by atoms with E-state index in [0.29, 0.717) is 11.8 Å². The molecule has 4 heteroatoms. The van der Waals surface area contributed by atoms with Gasteiger partial charge in [-0.05, 0) is 17.4 Å². The highest BCUT2D eigenvalue weighted by molar-refractivity contribution is 7.85. The molecular formula is C14H24O3S. The van der Waals surface area contributed by atoms with Gasteiger partial charge in [-0.1, -0.05) is 64.4 Å². The molecule has 1 aromatic carbocycles. The van der Waals surface area contributed by atoms with E-state index in [9.17, 15) is 8.42 Å². The van der Waals surface area contributed by atoms with Crippen molar-refractivity contribution in [3.8, 4) is 0 Å². The molecule has 0 aliphatic rings. The molecule has 104 valence electrons. The first kappa shape index (κ1) is 17.1. The normalized spacial score (nSPS) is 11.6. The lowest BCUT2D eigenvalue weighted by atomic mass is 9.87. The van der Waals surface area contributed by atoms with Crippen LogP contribution in [0.4, 0.5) is 0 Å². The number of hydrogen-bond donors (Lipinski definition) is 1. The van der Waals surface area contributed by atoms with Gasteiger partial charge in [-0.25, -0.2) is 0 Å². The average Bonchev–Trinajstić information content (AvgIpc) is 2.26. The van der Waals surface area contributed by atoms with Gasteiger partial charge in [0.1, 0.15) is 0 Å². The summed E-state index contributed by atoms with van der Waals surface area (Å²) < 4.78 is 28.0. The molecule has 1 aromatic rings. The molecule has 0 amide bonds. The fraction of sp³-hybridized carbons (Fsp3) is 0.571. The molecule has 0 saturated carbocycles. The monoisotopic (exact) mass is 272 g/mol. The van der Waals surface area contributed by atoms with Crippen LogP contribution in [0.15, 0.2) is 30.3 Å². The number of hydrogen-bond acceptors (Lipinski definition) is 2. The van der Waals surface area contributed by atoms with Gasteiger partial charge in [-0.3, -0.25) is 4.55 Å². The highest BCUT2D eigenvalue weighted by Gasteiger charge is 2.11. The van der Waals surface area contributed by atoms with Crippen LogP contribution in [-0.2, 0) is 15.5 Å². The molecule has 0 bridgehead atoms. The first-order valence-electron chi connectivity index (χ1n) is 6.17. The minimum atomic E-state index is -3.69. The van der Waals surface area contributed by atoms with Crippen molar-refractivity contribution in [1.82, 2.24) is 0 Å². The Morgan fingerprint density at radius 3 is 1.83 bits per heavy atom. The lowest BCUT2D eigenvalue weighted by Gasteiger charge is -2.18. The van der Waals surface area contributed by atoms with Crippen molar-refractivity contribution in [2.75, 3.05) is 5.75 Å². The van der Waals surface area contributed by atoms with Gasteiger partial charge in [0.15, 0.2) is 0 Å². The zero-order valence-electron chi connectivity index (χ0n) is 11.7. The summed E-state index contributed by atoms with van der Waals surface area (Å²) in [5.41, 5.74) is 1.69. The third-order valence-electron chi connectivity index (χ3n) is 2.40. The molecule has 0 unspecified atom stereocenters. The Balaban J connectivity index is 0.000000331. The standard InChI is InChI=1S/C10H14.C4H10O3S/c1-10(2,3)9-7-5-4-6-8-9;1-2-3-4-8(5,6)7/h4-8H,1-3H3;2-4H2,1H3,(H,5,6,7). The molecule has 0 spiro atoms. The molecule has 1 rings (SSSR count). The summed E-state index contributed by atoms with van der Waals surface area (Å²) in [6.07, 6.45) is 1.33. The van der Waals surface area contributed by atoms with Crippen LogP contribution in [0.25, 0.3) is 0 Å². The third-order valence-corrected chi connectivity index (χ3v) is 3.20. The van der Waals surface area contributed by atoms with E-state index in [2.05, 4.69) is 51.1 Å². The second-order valence-electron chi connectivity index (χ2n) is 5.26. The highest BCUT2D eigenvalue weighted by Crippen LogP contribution is 2.20. The molecule has 0 aliphatic heterocycles. The van der Waals surface area contributed by atoms with E-state index in [4.69, 9.17) is 4.55 Å². The zero-order valence-corrected chi connectivity index (χ0v) is 12.5. The number of rotatable bonds is 3. The highest BCUT2D eigenvalue weighted by atomic mass is 32.2. The van der Waals surface area contributed by atoms with Gasteiger partial charge in [-0.15, -0.1) is 0 Å². The Hall–Kier alpha value is -0.870. The smallest absolute Gasteiger partial charge is 0.264 e. The fourth-order valence-electron chi connectivity index (χ4n) is 1.26. The van der Waals surface area contributed by atoms with Gasteiger partial charge in [0.2, 0.25) is 0 Å². The summed E-state index contributed by atoms with van der Waals surface area (Å²) in [6.45, 7) is 8.54. The molecule has 0 saturated heterocycles. The van der Waals surface area contributed by atoms with Crippen LogP contribution >= 0.6 is 0 Å². The Morgan fingerprint density at radius 1 is 1.11 bits per heavy atom. The van der Waals surface area contributed by atoms with E-state index >= 15 is 0 Å². The predicted molar refractivity (Wildman–Crippen MR) is 76.5 cm³/mol. The second-order valence-corrected chi connectivity index (χ2v) is 6.83. The molecule has 18 heavy (non-hydrogen) atoms. The van der Waals surface area contributed by atoms with E-state index < -0.39 is 10.1 Å². The molecule has 0 heterocycles. The summed E-state index contributed by atoms with van der Waals surface area (Å²) >= 11 is 0. The lowest BCUT2D eigenvalue weighted by molar-refractivity contribution is 0.480. The molecule has 0 aromatic heterocycles. The van der Waals surface area contributed by atoms with Crippen LogP contribution in [0.1, 0.15) is 46.1 Å². The Bertz CT molecular complexity index is 416. The van der Waals surface area contributed by atoms with Crippen LogP contribution in [-0.4, -0.2) is 18.7 Å². The van der Waals surface area contributed by atoms with Crippen molar-refractivity contribution in [2.24, 2.45) is 0 Å². The summed E-state index contributed by atoms with van der Waals surface area (Å²) in [5, 5.41) is 0. The van der Waals surface area contributed by atoms with Crippen LogP contribution in [0.5, 0.6) is 0 Å². The van der Waals surface area contributed by atoms with E-state index in [1.807, 2.05) is 6.92 Å². The van der Waals surface area contributed by atoms with Gasteiger partial charge >= 0.3 is 0 Å². The van der Waals surface area contributed by atoms with Crippen molar-refractivity contribution in [1.29, 1.82) is 0 Å². The van der Waals surface area contributed by atoms with Gasteiger partial charge < -0.3 is 0 Å². The maximum absolute atomic E-state index is 9.95. The van der Waals surface area contributed by atoms with E-state index in [1.54, 1.807) is 0 Å². The maximum atomic E-state index is 9.95. The van der Waals surface area contributed by atoms with Crippen LogP contribution in [0.3, 0.4) is 0 Å². The minimum absolute atomic E-state index is 0.108. The quantitative estimate of drug-likeness (QED) is 0.854. The van der Waals surface area contributed by atoms with E-state index in [-0.39, 0.29) is 5.75 Å².